The maximum Gasteiger partial charge on any atom is 0.152 e. The predicted octanol–water partition coefficient (Wildman–Crippen LogP) is 2.68. The van der Waals surface area contributed by atoms with Gasteiger partial charge in [-0.3, -0.25) is 0 Å². The van der Waals surface area contributed by atoms with Crippen LogP contribution in [0.5, 0.6) is 0 Å². The first-order chi connectivity index (χ1) is 9.83. The van der Waals surface area contributed by atoms with Crippen molar-refractivity contribution >= 4 is 11.5 Å². The number of aromatic nitrogens is 2. The summed E-state index contributed by atoms with van der Waals surface area (Å²) in [6, 6.07) is 6.21. The molecule has 1 N–H and O–H groups in total. The van der Waals surface area contributed by atoms with Crippen molar-refractivity contribution in [1.29, 1.82) is 0 Å². The highest BCUT2D eigenvalue weighted by atomic mass is 15.2. The zero-order valence-electron chi connectivity index (χ0n) is 12.5. The monoisotopic (exact) mass is 272 g/mol. The van der Waals surface area contributed by atoms with E-state index in [9.17, 15) is 0 Å². The molecule has 20 heavy (non-hydrogen) atoms. The molecule has 0 amide bonds. The summed E-state index contributed by atoms with van der Waals surface area (Å²) < 4.78 is 2.21. The summed E-state index contributed by atoms with van der Waals surface area (Å²) in [5.41, 5.74) is 2.33. The van der Waals surface area contributed by atoms with E-state index in [1.165, 1.54) is 30.8 Å². The third kappa shape index (κ3) is 2.40. The van der Waals surface area contributed by atoms with E-state index in [0.717, 1.165) is 31.2 Å². The van der Waals surface area contributed by atoms with Crippen molar-refractivity contribution in [3.05, 3.63) is 30.1 Å². The standard InChI is InChI=1S/C16H24N4/c1-3-6-13-8-10-19(12-13)16-14(11-17-2)20-9-5-4-7-15(20)18-16/h4-5,7,9,13,17H,3,6,8,10-12H2,1-2H3. The van der Waals surface area contributed by atoms with Crippen molar-refractivity contribution < 1.29 is 0 Å². The van der Waals surface area contributed by atoms with E-state index in [1.54, 1.807) is 0 Å². The van der Waals surface area contributed by atoms with Crippen LogP contribution in [0.25, 0.3) is 5.65 Å². The lowest BCUT2D eigenvalue weighted by atomic mass is 10.0. The third-order valence-corrected chi connectivity index (χ3v) is 4.23. The van der Waals surface area contributed by atoms with Crippen LogP contribution >= 0.6 is 0 Å². The van der Waals surface area contributed by atoms with Gasteiger partial charge in [0.1, 0.15) is 5.65 Å². The number of anilines is 1. The van der Waals surface area contributed by atoms with Crippen LogP contribution in [-0.4, -0.2) is 29.5 Å². The molecule has 3 rings (SSSR count). The maximum absolute atomic E-state index is 4.86. The summed E-state index contributed by atoms with van der Waals surface area (Å²) in [5.74, 6) is 2.01. The Hall–Kier alpha value is -1.55. The Labute approximate surface area is 120 Å². The molecule has 0 saturated carbocycles. The fraction of sp³-hybridized carbons (Fsp3) is 0.562. The summed E-state index contributed by atoms with van der Waals surface area (Å²) in [7, 11) is 2.00. The molecule has 0 aromatic carbocycles. The number of fused-ring (bicyclic) bond motifs is 1. The molecule has 3 heterocycles. The lowest BCUT2D eigenvalue weighted by Crippen LogP contribution is -2.22. The Morgan fingerprint density at radius 2 is 2.30 bits per heavy atom. The molecule has 4 nitrogen and oxygen atoms in total. The fourth-order valence-electron chi connectivity index (χ4n) is 3.29. The molecule has 1 unspecified atom stereocenters. The number of imidazole rings is 1. The van der Waals surface area contributed by atoms with Gasteiger partial charge in [0.2, 0.25) is 0 Å². The summed E-state index contributed by atoms with van der Waals surface area (Å²) in [4.78, 5) is 7.33. The van der Waals surface area contributed by atoms with Gasteiger partial charge in [-0.1, -0.05) is 19.4 Å². The van der Waals surface area contributed by atoms with E-state index in [2.05, 4.69) is 45.9 Å². The van der Waals surface area contributed by atoms with E-state index in [1.807, 2.05) is 7.05 Å². The van der Waals surface area contributed by atoms with Crippen molar-refractivity contribution in [2.24, 2.45) is 5.92 Å². The molecule has 2 aromatic rings. The van der Waals surface area contributed by atoms with Crippen LogP contribution in [0.1, 0.15) is 31.9 Å². The molecule has 0 bridgehead atoms. The van der Waals surface area contributed by atoms with E-state index < -0.39 is 0 Å². The van der Waals surface area contributed by atoms with Crippen molar-refractivity contribution in [1.82, 2.24) is 14.7 Å². The van der Waals surface area contributed by atoms with Gasteiger partial charge in [0, 0.05) is 25.8 Å². The molecule has 4 heteroatoms. The largest absolute Gasteiger partial charge is 0.355 e. The van der Waals surface area contributed by atoms with Crippen LogP contribution in [0.4, 0.5) is 5.82 Å². The Balaban J connectivity index is 1.92. The number of nitrogens with zero attached hydrogens (tertiary/aromatic N) is 3. The number of nitrogens with one attached hydrogen (secondary N) is 1. The molecule has 1 aliphatic rings. The molecule has 1 saturated heterocycles. The Kier molecular flexibility index (Phi) is 3.92. The first-order valence-corrected chi connectivity index (χ1v) is 7.69. The van der Waals surface area contributed by atoms with Crippen LogP contribution in [0.15, 0.2) is 24.4 Å². The highest BCUT2D eigenvalue weighted by Gasteiger charge is 2.26. The molecule has 0 aliphatic carbocycles. The minimum atomic E-state index is 0.840. The van der Waals surface area contributed by atoms with Gasteiger partial charge in [0.25, 0.3) is 0 Å². The topological polar surface area (TPSA) is 32.6 Å². The smallest absolute Gasteiger partial charge is 0.152 e. The van der Waals surface area contributed by atoms with Crippen LogP contribution < -0.4 is 10.2 Å². The fourth-order valence-corrected chi connectivity index (χ4v) is 3.29. The van der Waals surface area contributed by atoms with Gasteiger partial charge in [-0.15, -0.1) is 0 Å². The number of hydrogen-bond acceptors (Lipinski definition) is 3. The molecule has 108 valence electrons. The zero-order chi connectivity index (χ0) is 13.9. The third-order valence-electron chi connectivity index (χ3n) is 4.23. The maximum atomic E-state index is 4.86. The molecule has 0 spiro atoms. The van der Waals surface area contributed by atoms with Gasteiger partial charge in [-0.25, -0.2) is 4.98 Å². The van der Waals surface area contributed by atoms with Gasteiger partial charge >= 0.3 is 0 Å². The van der Waals surface area contributed by atoms with E-state index in [-0.39, 0.29) is 0 Å². The molecular weight excluding hydrogens is 248 g/mol. The van der Waals surface area contributed by atoms with E-state index >= 15 is 0 Å². The second kappa shape index (κ2) is 5.83. The zero-order valence-corrected chi connectivity index (χ0v) is 12.5. The van der Waals surface area contributed by atoms with E-state index in [4.69, 9.17) is 4.98 Å². The summed E-state index contributed by atoms with van der Waals surface area (Å²) >= 11 is 0. The van der Waals surface area contributed by atoms with Crippen LogP contribution in [0.3, 0.4) is 0 Å². The highest BCUT2D eigenvalue weighted by molar-refractivity contribution is 5.56. The average molecular weight is 272 g/mol. The minimum absolute atomic E-state index is 0.840. The van der Waals surface area contributed by atoms with Gasteiger partial charge in [0.15, 0.2) is 5.82 Å². The van der Waals surface area contributed by atoms with E-state index in [0.29, 0.717) is 0 Å². The van der Waals surface area contributed by atoms with Gasteiger partial charge in [-0.2, -0.15) is 0 Å². The number of rotatable bonds is 5. The second-order valence-corrected chi connectivity index (χ2v) is 5.73. The number of pyridine rings is 1. The summed E-state index contributed by atoms with van der Waals surface area (Å²) in [6.45, 7) is 5.44. The van der Waals surface area contributed by atoms with Crippen LogP contribution in [0.2, 0.25) is 0 Å². The molecule has 2 aromatic heterocycles. The molecular formula is C16H24N4. The Bertz CT molecular complexity index is 575. The van der Waals surface area contributed by atoms with Gasteiger partial charge in [0.05, 0.1) is 5.69 Å². The summed E-state index contributed by atoms with van der Waals surface area (Å²) in [6.07, 6.45) is 6.04. The molecule has 0 radical (unpaired) electrons. The van der Waals surface area contributed by atoms with Gasteiger partial charge in [-0.05, 0) is 37.9 Å². The molecule has 1 aliphatic heterocycles. The molecule has 1 fully saturated rings. The van der Waals surface area contributed by atoms with Gasteiger partial charge < -0.3 is 14.6 Å². The minimum Gasteiger partial charge on any atom is -0.355 e. The first kappa shape index (κ1) is 13.4. The number of hydrogen-bond donors (Lipinski definition) is 1. The second-order valence-electron chi connectivity index (χ2n) is 5.73. The Morgan fingerprint density at radius 1 is 1.40 bits per heavy atom. The lowest BCUT2D eigenvalue weighted by Gasteiger charge is -2.17. The lowest BCUT2D eigenvalue weighted by molar-refractivity contribution is 0.529. The van der Waals surface area contributed by atoms with Crippen molar-refractivity contribution in [3.8, 4) is 0 Å². The van der Waals surface area contributed by atoms with Crippen LogP contribution in [-0.2, 0) is 6.54 Å². The Morgan fingerprint density at radius 3 is 3.10 bits per heavy atom. The highest BCUT2D eigenvalue weighted by Crippen LogP contribution is 2.29. The van der Waals surface area contributed by atoms with Crippen molar-refractivity contribution in [3.63, 3.8) is 0 Å². The van der Waals surface area contributed by atoms with Crippen LogP contribution in [0, 0.1) is 5.92 Å². The van der Waals surface area contributed by atoms with Crippen molar-refractivity contribution in [2.75, 3.05) is 25.0 Å². The predicted molar refractivity (Wildman–Crippen MR) is 83.2 cm³/mol. The SMILES string of the molecule is CCCC1CCN(c2nc3ccccn3c2CNC)C1. The van der Waals surface area contributed by atoms with Crippen molar-refractivity contribution in [2.45, 2.75) is 32.7 Å². The molecule has 1 atom stereocenters. The summed E-state index contributed by atoms with van der Waals surface area (Å²) in [5, 5.41) is 3.27. The quantitative estimate of drug-likeness (QED) is 0.908. The first-order valence-electron chi connectivity index (χ1n) is 7.69. The normalized spacial score (nSPS) is 19.1. The average Bonchev–Trinajstić information content (AvgIpc) is 3.05.